The number of rotatable bonds is 1. The highest BCUT2D eigenvalue weighted by Gasteiger charge is 1.96. The molecular weight excluding hydrogens is 135 g/mol. The van der Waals surface area contributed by atoms with E-state index in [1.54, 1.807) is 0 Å². The summed E-state index contributed by atoms with van der Waals surface area (Å²) in [6.07, 6.45) is 0. The van der Waals surface area contributed by atoms with Crippen LogP contribution < -0.4 is 11.2 Å². The quantitative estimate of drug-likeness (QED) is 0.408. The Morgan fingerprint density at radius 2 is 2.20 bits per heavy atom. The Kier molecular flexibility index (Phi) is 1.73. The molecule has 1 aromatic carbocycles. The first-order valence-corrected chi connectivity index (χ1v) is 2.69. The molecule has 3 nitrogen and oxygen atoms in total. The average Bonchev–Trinajstić information content (AvgIpc) is 1.88. The molecule has 1 rings (SSSR count). The van der Waals surface area contributed by atoms with E-state index in [-0.39, 0.29) is 5.69 Å². The van der Waals surface area contributed by atoms with Gasteiger partial charge in [0.05, 0.1) is 11.4 Å². The van der Waals surface area contributed by atoms with Gasteiger partial charge >= 0.3 is 0 Å². The third-order valence-corrected chi connectivity index (χ3v) is 1.13. The number of hydrogen-bond acceptors (Lipinski definition) is 3. The number of hydrogen-bond donors (Lipinski definition) is 3. The zero-order chi connectivity index (χ0) is 7.56. The lowest BCUT2D eigenvalue weighted by Gasteiger charge is -2.01. The molecule has 0 heterocycles. The van der Waals surface area contributed by atoms with Crippen LogP contribution in [0.1, 0.15) is 0 Å². The molecule has 0 aliphatic carbocycles. The van der Waals surface area contributed by atoms with Crippen molar-refractivity contribution in [3.63, 3.8) is 0 Å². The highest BCUT2D eigenvalue weighted by Crippen LogP contribution is 2.17. The third-order valence-electron chi connectivity index (χ3n) is 1.13. The van der Waals surface area contributed by atoms with E-state index >= 15 is 0 Å². The first-order chi connectivity index (χ1) is 4.74. The minimum atomic E-state index is -0.420. The molecule has 0 atom stereocenters. The average molecular weight is 142 g/mol. The van der Waals surface area contributed by atoms with Gasteiger partial charge in [0.1, 0.15) is 5.82 Å². The second-order valence-electron chi connectivity index (χ2n) is 1.84. The SMILES string of the molecule is Nc1cc(F)ccc1NO. The van der Waals surface area contributed by atoms with E-state index in [0.717, 1.165) is 6.07 Å². The van der Waals surface area contributed by atoms with Crippen molar-refractivity contribution in [1.82, 2.24) is 0 Å². The van der Waals surface area contributed by atoms with Crippen molar-refractivity contribution >= 4 is 11.4 Å². The van der Waals surface area contributed by atoms with E-state index in [1.807, 2.05) is 5.48 Å². The molecule has 0 saturated heterocycles. The number of nitrogen functional groups attached to an aromatic ring is 1. The van der Waals surface area contributed by atoms with Gasteiger partial charge in [-0.1, -0.05) is 0 Å². The fraction of sp³-hybridized carbons (Fsp3) is 0. The molecule has 0 aliphatic rings. The lowest BCUT2D eigenvalue weighted by atomic mass is 10.3. The number of benzene rings is 1. The van der Waals surface area contributed by atoms with Crippen molar-refractivity contribution in [2.75, 3.05) is 11.2 Å². The normalized spacial score (nSPS) is 9.40. The largest absolute Gasteiger partial charge is 0.397 e. The number of halogens is 1. The Labute approximate surface area is 57.2 Å². The molecule has 54 valence electrons. The minimum Gasteiger partial charge on any atom is -0.397 e. The molecule has 4 heteroatoms. The monoisotopic (exact) mass is 142 g/mol. The second-order valence-corrected chi connectivity index (χ2v) is 1.84. The second kappa shape index (κ2) is 2.53. The van der Waals surface area contributed by atoms with Crippen LogP contribution in [0.2, 0.25) is 0 Å². The Balaban J connectivity index is 3.07. The van der Waals surface area contributed by atoms with Crippen LogP contribution in [-0.2, 0) is 0 Å². The van der Waals surface area contributed by atoms with Crippen molar-refractivity contribution in [2.45, 2.75) is 0 Å². The van der Waals surface area contributed by atoms with Gasteiger partial charge in [0, 0.05) is 0 Å². The van der Waals surface area contributed by atoms with E-state index < -0.39 is 5.82 Å². The Morgan fingerprint density at radius 1 is 1.50 bits per heavy atom. The summed E-state index contributed by atoms with van der Waals surface area (Å²) in [7, 11) is 0. The summed E-state index contributed by atoms with van der Waals surface area (Å²) in [4.78, 5) is 0. The summed E-state index contributed by atoms with van der Waals surface area (Å²) >= 11 is 0. The van der Waals surface area contributed by atoms with Gasteiger partial charge in [-0.05, 0) is 18.2 Å². The van der Waals surface area contributed by atoms with Crippen LogP contribution in [0.25, 0.3) is 0 Å². The van der Waals surface area contributed by atoms with E-state index in [1.165, 1.54) is 12.1 Å². The van der Waals surface area contributed by atoms with Gasteiger partial charge < -0.3 is 5.73 Å². The van der Waals surface area contributed by atoms with E-state index in [2.05, 4.69) is 0 Å². The summed E-state index contributed by atoms with van der Waals surface area (Å²) in [6.45, 7) is 0. The molecule has 1 aromatic rings. The van der Waals surface area contributed by atoms with Gasteiger partial charge in [0.15, 0.2) is 0 Å². The molecule has 0 aromatic heterocycles. The number of nitrogens with two attached hydrogens (primary N) is 1. The molecule has 0 saturated carbocycles. The maximum absolute atomic E-state index is 12.3. The highest BCUT2D eigenvalue weighted by molar-refractivity contribution is 5.64. The van der Waals surface area contributed by atoms with Gasteiger partial charge in [0.2, 0.25) is 0 Å². The van der Waals surface area contributed by atoms with Gasteiger partial charge in [-0.3, -0.25) is 10.7 Å². The number of nitrogens with one attached hydrogen (secondary N) is 1. The summed E-state index contributed by atoms with van der Waals surface area (Å²) in [5.74, 6) is -0.420. The molecule has 0 aliphatic heterocycles. The van der Waals surface area contributed by atoms with Crippen LogP contribution in [0.3, 0.4) is 0 Å². The van der Waals surface area contributed by atoms with Crippen molar-refractivity contribution in [3.8, 4) is 0 Å². The smallest absolute Gasteiger partial charge is 0.125 e. The van der Waals surface area contributed by atoms with E-state index in [4.69, 9.17) is 10.9 Å². The summed E-state index contributed by atoms with van der Waals surface area (Å²) in [5, 5.41) is 8.36. The Hall–Kier alpha value is -1.29. The van der Waals surface area contributed by atoms with Crippen LogP contribution in [-0.4, -0.2) is 5.21 Å². The molecule has 10 heavy (non-hydrogen) atoms. The van der Waals surface area contributed by atoms with Crippen molar-refractivity contribution < 1.29 is 9.60 Å². The Morgan fingerprint density at radius 3 is 2.70 bits per heavy atom. The molecule has 0 amide bonds. The van der Waals surface area contributed by atoms with Gasteiger partial charge in [-0.15, -0.1) is 0 Å². The molecule has 0 spiro atoms. The first kappa shape index (κ1) is 6.82. The first-order valence-electron chi connectivity index (χ1n) is 2.69. The molecular formula is C6H7FN2O. The topological polar surface area (TPSA) is 58.3 Å². The van der Waals surface area contributed by atoms with Crippen molar-refractivity contribution in [1.29, 1.82) is 0 Å². The standard InChI is InChI=1S/C6H7FN2O/c7-4-1-2-6(9-10)5(8)3-4/h1-3,9-10H,8H2. The van der Waals surface area contributed by atoms with Crippen LogP contribution in [0.4, 0.5) is 15.8 Å². The highest BCUT2D eigenvalue weighted by atomic mass is 19.1. The van der Waals surface area contributed by atoms with Crippen LogP contribution in [0.15, 0.2) is 18.2 Å². The lowest BCUT2D eigenvalue weighted by Crippen LogP contribution is -1.96. The van der Waals surface area contributed by atoms with Crippen LogP contribution in [0, 0.1) is 5.82 Å². The lowest BCUT2D eigenvalue weighted by molar-refractivity contribution is 0.389. The molecule has 0 unspecified atom stereocenters. The zero-order valence-electron chi connectivity index (χ0n) is 5.13. The van der Waals surface area contributed by atoms with Crippen molar-refractivity contribution in [3.05, 3.63) is 24.0 Å². The van der Waals surface area contributed by atoms with E-state index in [9.17, 15) is 4.39 Å². The maximum atomic E-state index is 12.3. The summed E-state index contributed by atoms with van der Waals surface area (Å²) < 4.78 is 12.3. The van der Waals surface area contributed by atoms with Crippen LogP contribution in [0.5, 0.6) is 0 Å². The van der Waals surface area contributed by atoms with Gasteiger partial charge in [-0.2, -0.15) is 0 Å². The summed E-state index contributed by atoms with van der Waals surface area (Å²) in [6, 6.07) is 3.68. The predicted octanol–water partition coefficient (Wildman–Crippen LogP) is 1.21. The molecule has 0 radical (unpaired) electrons. The summed E-state index contributed by atoms with van der Waals surface area (Å²) in [5.41, 5.74) is 7.59. The van der Waals surface area contributed by atoms with Gasteiger partial charge in [-0.25, -0.2) is 4.39 Å². The van der Waals surface area contributed by atoms with E-state index in [0.29, 0.717) is 5.69 Å². The van der Waals surface area contributed by atoms with Crippen LogP contribution >= 0.6 is 0 Å². The zero-order valence-corrected chi connectivity index (χ0v) is 5.13. The predicted molar refractivity (Wildman–Crippen MR) is 36.2 cm³/mol. The number of anilines is 2. The molecule has 0 fully saturated rings. The van der Waals surface area contributed by atoms with Gasteiger partial charge in [0.25, 0.3) is 0 Å². The molecule has 4 N–H and O–H groups in total. The Bertz CT molecular complexity index is 239. The minimum absolute atomic E-state index is 0.183. The fourth-order valence-corrected chi connectivity index (χ4v) is 0.635. The maximum Gasteiger partial charge on any atom is 0.125 e. The fourth-order valence-electron chi connectivity index (χ4n) is 0.635. The molecule has 0 bridgehead atoms. The third kappa shape index (κ3) is 1.16. The van der Waals surface area contributed by atoms with Crippen molar-refractivity contribution in [2.24, 2.45) is 0 Å².